The molecule has 0 aliphatic rings. The third-order valence-corrected chi connectivity index (χ3v) is 4.45. The van der Waals surface area contributed by atoms with E-state index in [4.69, 9.17) is 5.73 Å². The number of primary amides is 1. The van der Waals surface area contributed by atoms with Crippen LogP contribution in [0.5, 0.6) is 0 Å². The molecular formula is C18H23N3O2S. The maximum Gasteiger partial charge on any atom is 0.261 e. The zero-order valence-corrected chi connectivity index (χ0v) is 15.0. The number of thiophene rings is 1. The molecular weight excluding hydrogens is 322 g/mol. The molecule has 0 saturated carbocycles. The summed E-state index contributed by atoms with van der Waals surface area (Å²) in [5.41, 5.74) is 6.41. The van der Waals surface area contributed by atoms with Gasteiger partial charge in [0, 0.05) is 24.0 Å². The van der Waals surface area contributed by atoms with Crippen LogP contribution in [0.2, 0.25) is 0 Å². The number of amides is 2. The Labute approximate surface area is 146 Å². The number of nitrogens with one attached hydrogen (secondary N) is 1. The van der Waals surface area contributed by atoms with Crippen molar-refractivity contribution in [2.45, 2.75) is 25.9 Å². The van der Waals surface area contributed by atoms with Crippen LogP contribution in [0.15, 0.2) is 41.8 Å². The molecule has 2 amide bonds. The Morgan fingerprint density at radius 2 is 1.92 bits per heavy atom. The Bertz CT molecular complexity index is 710. The van der Waals surface area contributed by atoms with Gasteiger partial charge < -0.3 is 11.1 Å². The fraction of sp³-hybridized carbons (Fsp3) is 0.333. The van der Waals surface area contributed by atoms with Crippen molar-refractivity contribution in [1.29, 1.82) is 0 Å². The van der Waals surface area contributed by atoms with Crippen molar-refractivity contribution in [3.63, 3.8) is 0 Å². The standard InChI is InChI=1S/C18H23N3O2S/c1-18(2,12-21(3)10-13-7-5-4-6-8-13)20-17(23)15-9-14(11-24-15)16(19)22/h4-9,11H,10,12H2,1-3H3,(H2,19,22)(H,20,23). The molecule has 1 heterocycles. The quantitative estimate of drug-likeness (QED) is 0.809. The highest BCUT2D eigenvalue weighted by Crippen LogP contribution is 2.16. The number of likely N-dealkylation sites (N-methyl/N-ethyl adjacent to an activating group) is 1. The average Bonchev–Trinajstić information content (AvgIpc) is 2.97. The minimum atomic E-state index is -0.521. The fourth-order valence-corrected chi connectivity index (χ4v) is 3.41. The first kappa shape index (κ1) is 18.2. The molecule has 24 heavy (non-hydrogen) atoms. The van der Waals surface area contributed by atoms with Gasteiger partial charge in [-0.1, -0.05) is 30.3 Å². The Kier molecular flexibility index (Phi) is 5.75. The minimum Gasteiger partial charge on any atom is -0.366 e. The maximum absolute atomic E-state index is 12.4. The predicted octanol–water partition coefficient (Wildman–Crippen LogP) is 2.49. The molecule has 0 fully saturated rings. The van der Waals surface area contributed by atoms with Gasteiger partial charge in [0.15, 0.2) is 0 Å². The molecule has 1 aromatic carbocycles. The summed E-state index contributed by atoms with van der Waals surface area (Å²) in [5.74, 6) is -0.710. The van der Waals surface area contributed by atoms with Crippen molar-refractivity contribution in [2.24, 2.45) is 5.73 Å². The molecule has 2 rings (SSSR count). The van der Waals surface area contributed by atoms with Crippen molar-refractivity contribution in [1.82, 2.24) is 10.2 Å². The molecule has 0 unspecified atom stereocenters. The van der Waals surface area contributed by atoms with Crippen molar-refractivity contribution in [3.8, 4) is 0 Å². The fourth-order valence-electron chi connectivity index (χ4n) is 2.62. The van der Waals surface area contributed by atoms with E-state index in [1.54, 1.807) is 5.38 Å². The van der Waals surface area contributed by atoms with Crippen LogP contribution in [0.25, 0.3) is 0 Å². The van der Waals surface area contributed by atoms with Gasteiger partial charge in [-0.3, -0.25) is 14.5 Å². The molecule has 6 heteroatoms. The number of carbonyl (C=O) groups excluding carboxylic acids is 2. The van der Waals surface area contributed by atoms with Gasteiger partial charge in [-0.25, -0.2) is 0 Å². The van der Waals surface area contributed by atoms with E-state index in [0.29, 0.717) is 17.0 Å². The first-order valence-corrected chi connectivity index (χ1v) is 8.58. The van der Waals surface area contributed by atoms with Gasteiger partial charge in [-0.2, -0.15) is 0 Å². The van der Waals surface area contributed by atoms with Crippen LogP contribution in [0.3, 0.4) is 0 Å². The Morgan fingerprint density at radius 3 is 2.50 bits per heavy atom. The van der Waals surface area contributed by atoms with Crippen molar-refractivity contribution < 1.29 is 9.59 Å². The highest BCUT2D eigenvalue weighted by atomic mass is 32.1. The van der Waals surface area contributed by atoms with E-state index < -0.39 is 11.4 Å². The molecule has 0 spiro atoms. The van der Waals surface area contributed by atoms with Crippen LogP contribution in [-0.4, -0.2) is 35.8 Å². The van der Waals surface area contributed by atoms with Crippen molar-refractivity contribution in [3.05, 3.63) is 57.8 Å². The maximum atomic E-state index is 12.4. The van der Waals surface area contributed by atoms with E-state index in [2.05, 4.69) is 22.3 Å². The summed E-state index contributed by atoms with van der Waals surface area (Å²) >= 11 is 1.22. The zero-order valence-electron chi connectivity index (χ0n) is 14.2. The summed E-state index contributed by atoms with van der Waals surface area (Å²) < 4.78 is 0. The van der Waals surface area contributed by atoms with Gasteiger partial charge in [0.05, 0.1) is 10.4 Å². The lowest BCUT2D eigenvalue weighted by molar-refractivity contribution is 0.0897. The monoisotopic (exact) mass is 345 g/mol. The summed E-state index contributed by atoms with van der Waals surface area (Å²) in [6, 6.07) is 11.7. The molecule has 1 aromatic heterocycles. The number of nitrogens with zero attached hydrogens (tertiary/aromatic N) is 1. The van der Waals surface area contributed by atoms with Gasteiger partial charge in [-0.05, 0) is 32.5 Å². The van der Waals surface area contributed by atoms with Crippen LogP contribution in [0.1, 0.15) is 39.4 Å². The molecule has 128 valence electrons. The highest BCUT2D eigenvalue weighted by molar-refractivity contribution is 7.12. The number of hydrogen-bond donors (Lipinski definition) is 2. The lowest BCUT2D eigenvalue weighted by Gasteiger charge is -2.31. The second-order valence-corrected chi connectivity index (χ2v) is 7.47. The summed E-state index contributed by atoms with van der Waals surface area (Å²) in [4.78, 5) is 26.2. The molecule has 5 nitrogen and oxygen atoms in total. The molecule has 3 N–H and O–H groups in total. The van der Waals surface area contributed by atoms with E-state index in [1.165, 1.54) is 23.0 Å². The predicted molar refractivity (Wildman–Crippen MR) is 97.2 cm³/mol. The third-order valence-electron chi connectivity index (χ3n) is 3.52. The van der Waals surface area contributed by atoms with E-state index in [1.807, 2.05) is 39.1 Å². The van der Waals surface area contributed by atoms with Crippen molar-refractivity contribution >= 4 is 23.2 Å². The van der Waals surface area contributed by atoms with Crippen LogP contribution >= 0.6 is 11.3 Å². The van der Waals surface area contributed by atoms with E-state index in [9.17, 15) is 9.59 Å². The number of hydrogen-bond acceptors (Lipinski definition) is 4. The molecule has 0 bridgehead atoms. The molecule has 0 radical (unpaired) electrons. The molecule has 0 aliphatic carbocycles. The largest absolute Gasteiger partial charge is 0.366 e. The highest BCUT2D eigenvalue weighted by Gasteiger charge is 2.24. The molecule has 2 aromatic rings. The van der Waals surface area contributed by atoms with Crippen LogP contribution in [0, 0.1) is 0 Å². The lowest BCUT2D eigenvalue weighted by atomic mass is 10.0. The average molecular weight is 345 g/mol. The molecule has 0 atom stereocenters. The second-order valence-electron chi connectivity index (χ2n) is 6.56. The van der Waals surface area contributed by atoms with Gasteiger partial charge in [0.25, 0.3) is 5.91 Å². The first-order chi connectivity index (χ1) is 11.3. The topological polar surface area (TPSA) is 75.4 Å². The molecule has 0 aliphatic heterocycles. The summed E-state index contributed by atoms with van der Waals surface area (Å²) in [5, 5.41) is 4.62. The smallest absolute Gasteiger partial charge is 0.261 e. The number of carbonyl (C=O) groups is 2. The number of benzene rings is 1. The second kappa shape index (κ2) is 7.59. The van der Waals surface area contributed by atoms with E-state index in [-0.39, 0.29) is 5.91 Å². The minimum absolute atomic E-state index is 0.189. The Morgan fingerprint density at radius 1 is 1.25 bits per heavy atom. The lowest BCUT2D eigenvalue weighted by Crippen LogP contribution is -2.50. The van der Waals surface area contributed by atoms with Gasteiger partial charge in [0.1, 0.15) is 0 Å². The van der Waals surface area contributed by atoms with Crippen LogP contribution in [-0.2, 0) is 6.54 Å². The SMILES string of the molecule is CN(Cc1ccccc1)CC(C)(C)NC(=O)c1cc(C(N)=O)cs1. The number of nitrogens with two attached hydrogens (primary N) is 1. The summed E-state index contributed by atoms with van der Waals surface area (Å²) in [6.07, 6.45) is 0. The summed E-state index contributed by atoms with van der Waals surface area (Å²) in [6.45, 7) is 5.47. The van der Waals surface area contributed by atoms with Crippen LogP contribution < -0.4 is 11.1 Å². The Balaban J connectivity index is 1.94. The normalized spacial score (nSPS) is 11.5. The van der Waals surface area contributed by atoms with E-state index >= 15 is 0 Å². The van der Waals surface area contributed by atoms with E-state index in [0.717, 1.165) is 6.54 Å². The van der Waals surface area contributed by atoms with Gasteiger partial charge in [0.2, 0.25) is 5.91 Å². The molecule has 0 saturated heterocycles. The van der Waals surface area contributed by atoms with Crippen LogP contribution in [0.4, 0.5) is 0 Å². The third kappa shape index (κ3) is 5.18. The number of rotatable bonds is 7. The Hall–Kier alpha value is -2.18. The van der Waals surface area contributed by atoms with Gasteiger partial charge in [-0.15, -0.1) is 11.3 Å². The zero-order chi connectivity index (χ0) is 17.7. The first-order valence-electron chi connectivity index (χ1n) is 7.70. The summed E-state index contributed by atoms with van der Waals surface area (Å²) in [7, 11) is 2.03. The van der Waals surface area contributed by atoms with Crippen molar-refractivity contribution in [2.75, 3.05) is 13.6 Å². The van der Waals surface area contributed by atoms with Gasteiger partial charge >= 0.3 is 0 Å².